The van der Waals surface area contributed by atoms with Crippen molar-refractivity contribution in [1.29, 1.82) is 0 Å². The van der Waals surface area contributed by atoms with E-state index in [1.54, 1.807) is 0 Å². The van der Waals surface area contributed by atoms with Crippen LogP contribution in [0.1, 0.15) is 25.3 Å². The minimum Gasteiger partial charge on any atom is -0.493 e. The molecule has 1 aromatic carbocycles. The summed E-state index contributed by atoms with van der Waals surface area (Å²) in [7, 11) is 0. The monoisotopic (exact) mass is 326 g/mol. The Hall–Kier alpha value is -0.810. The average Bonchev–Trinajstić information content (AvgIpc) is 2.55. The van der Waals surface area contributed by atoms with E-state index >= 15 is 0 Å². The second-order valence-electron chi connectivity index (χ2n) is 5.58. The van der Waals surface area contributed by atoms with Crippen molar-refractivity contribution >= 4 is 11.6 Å². The fourth-order valence-corrected chi connectivity index (χ4v) is 2.71. The van der Waals surface area contributed by atoms with Crippen LogP contribution in [0.15, 0.2) is 18.2 Å². The smallest absolute Gasteiger partial charge is 0.123 e. The number of ether oxygens (including phenoxy) is 2. The lowest BCUT2D eigenvalue weighted by atomic mass is 10.2. The van der Waals surface area contributed by atoms with Gasteiger partial charge >= 0.3 is 0 Å². The van der Waals surface area contributed by atoms with Gasteiger partial charge in [-0.1, -0.05) is 18.5 Å². The van der Waals surface area contributed by atoms with E-state index in [0.29, 0.717) is 0 Å². The molecule has 1 aliphatic heterocycles. The molecule has 124 valence electrons. The first-order valence-electron chi connectivity index (χ1n) is 8.21. The van der Waals surface area contributed by atoms with Crippen LogP contribution < -0.4 is 10.1 Å². The Balaban J connectivity index is 1.70. The Morgan fingerprint density at radius 1 is 1.32 bits per heavy atom. The molecule has 0 radical (unpaired) electrons. The number of hydrogen-bond donors (Lipinski definition) is 1. The van der Waals surface area contributed by atoms with Gasteiger partial charge in [-0.2, -0.15) is 0 Å². The average molecular weight is 327 g/mol. The quantitative estimate of drug-likeness (QED) is 0.707. The minimum atomic E-state index is 0.742. The van der Waals surface area contributed by atoms with E-state index in [2.05, 4.69) is 17.1 Å². The molecular weight excluding hydrogens is 300 g/mol. The highest BCUT2D eigenvalue weighted by Crippen LogP contribution is 2.23. The van der Waals surface area contributed by atoms with Crippen LogP contribution in [0, 0.1) is 0 Å². The molecule has 22 heavy (non-hydrogen) atoms. The third kappa shape index (κ3) is 6.13. The summed E-state index contributed by atoms with van der Waals surface area (Å²) in [5.41, 5.74) is 1.13. The summed E-state index contributed by atoms with van der Waals surface area (Å²) >= 11 is 6.09. The molecule has 0 bridgehead atoms. The van der Waals surface area contributed by atoms with Gasteiger partial charge in [0.1, 0.15) is 5.75 Å². The summed E-state index contributed by atoms with van der Waals surface area (Å²) in [5, 5.41) is 4.25. The Morgan fingerprint density at radius 3 is 2.91 bits per heavy atom. The molecule has 1 aromatic rings. The lowest BCUT2D eigenvalue weighted by Gasteiger charge is -2.26. The highest BCUT2D eigenvalue weighted by atomic mass is 35.5. The highest BCUT2D eigenvalue weighted by Gasteiger charge is 2.09. The maximum Gasteiger partial charge on any atom is 0.123 e. The largest absolute Gasteiger partial charge is 0.493 e. The zero-order chi connectivity index (χ0) is 15.6. The van der Waals surface area contributed by atoms with Crippen molar-refractivity contribution in [2.24, 2.45) is 0 Å². The molecule has 1 aliphatic rings. The standard InChI is InChI=1S/C17H27ClN2O2/c1-2-10-22-17-5-4-16(18)13-15(17)14-19-6-3-7-20-8-11-21-12-9-20/h4-5,13,19H,2-3,6-12,14H2,1H3. The Bertz CT molecular complexity index is 437. The molecule has 2 rings (SSSR count). The lowest BCUT2D eigenvalue weighted by Crippen LogP contribution is -2.37. The molecule has 1 N–H and O–H groups in total. The van der Waals surface area contributed by atoms with Crippen LogP contribution in [-0.2, 0) is 11.3 Å². The van der Waals surface area contributed by atoms with Crippen LogP contribution in [0.4, 0.5) is 0 Å². The van der Waals surface area contributed by atoms with Gasteiger partial charge in [-0.3, -0.25) is 4.90 Å². The van der Waals surface area contributed by atoms with E-state index < -0.39 is 0 Å². The van der Waals surface area contributed by atoms with Gasteiger partial charge in [0, 0.05) is 30.2 Å². The van der Waals surface area contributed by atoms with Gasteiger partial charge < -0.3 is 14.8 Å². The van der Waals surface area contributed by atoms with Crippen molar-refractivity contribution in [2.45, 2.75) is 26.3 Å². The van der Waals surface area contributed by atoms with Crippen molar-refractivity contribution in [3.05, 3.63) is 28.8 Å². The summed E-state index contributed by atoms with van der Waals surface area (Å²) in [6.45, 7) is 9.63. The molecule has 1 fully saturated rings. The summed E-state index contributed by atoms with van der Waals surface area (Å²) in [6, 6.07) is 5.83. The Kier molecular flexibility index (Phi) is 8.02. The van der Waals surface area contributed by atoms with Crippen LogP contribution in [0.2, 0.25) is 5.02 Å². The SMILES string of the molecule is CCCOc1ccc(Cl)cc1CNCCCN1CCOCC1. The number of rotatable bonds is 9. The first-order valence-corrected chi connectivity index (χ1v) is 8.59. The van der Waals surface area contributed by atoms with Crippen LogP contribution in [0.3, 0.4) is 0 Å². The number of nitrogens with one attached hydrogen (secondary N) is 1. The molecule has 0 atom stereocenters. The van der Waals surface area contributed by atoms with Crippen LogP contribution in [0.25, 0.3) is 0 Å². The number of benzene rings is 1. The number of halogens is 1. The molecule has 0 amide bonds. The van der Waals surface area contributed by atoms with Crippen molar-refractivity contribution in [1.82, 2.24) is 10.2 Å². The van der Waals surface area contributed by atoms with E-state index in [1.807, 2.05) is 18.2 Å². The summed E-state index contributed by atoms with van der Waals surface area (Å²) < 4.78 is 11.1. The third-order valence-corrected chi connectivity index (χ3v) is 3.97. The van der Waals surface area contributed by atoms with Gasteiger partial charge in [0.2, 0.25) is 0 Å². The normalized spacial score (nSPS) is 15.9. The Morgan fingerprint density at radius 2 is 2.14 bits per heavy atom. The van der Waals surface area contributed by atoms with E-state index in [0.717, 1.165) is 81.7 Å². The summed E-state index contributed by atoms with van der Waals surface area (Å²) in [4.78, 5) is 2.46. The predicted octanol–water partition coefficient (Wildman–Crippen LogP) is 2.94. The molecule has 0 aromatic heterocycles. The summed E-state index contributed by atoms with van der Waals surface area (Å²) in [6.07, 6.45) is 2.15. The Labute approximate surface area is 138 Å². The van der Waals surface area contributed by atoms with Crippen molar-refractivity contribution in [3.63, 3.8) is 0 Å². The van der Waals surface area contributed by atoms with Crippen LogP contribution in [-0.4, -0.2) is 50.9 Å². The van der Waals surface area contributed by atoms with Crippen LogP contribution >= 0.6 is 11.6 Å². The second-order valence-corrected chi connectivity index (χ2v) is 6.02. The topological polar surface area (TPSA) is 33.7 Å². The molecule has 5 heteroatoms. The second kappa shape index (κ2) is 10.1. The van der Waals surface area contributed by atoms with Gasteiger partial charge in [0.25, 0.3) is 0 Å². The van der Waals surface area contributed by atoms with Gasteiger partial charge in [0.05, 0.1) is 19.8 Å². The number of nitrogens with zero attached hydrogens (tertiary/aromatic N) is 1. The fourth-order valence-electron chi connectivity index (χ4n) is 2.51. The lowest BCUT2D eigenvalue weighted by molar-refractivity contribution is 0.0374. The first kappa shape index (κ1) is 17.5. The maximum absolute atomic E-state index is 6.09. The van der Waals surface area contributed by atoms with Gasteiger partial charge in [-0.15, -0.1) is 0 Å². The van der Waals surface area contributed by atoms with Gasteiger partial charge in [-0.25, -0.2) is 0 Å². The zero-order valence-electron chi connectivity index (χ0n) is 13.4. The van der Waals surface area contributed by atoms with Crippen molar-refractivity contribution in [3.8, 4) is 5.75 Å². The third-order valence-electron chi connectivity index (χ3n) is 3.73. The van der Waals surface area contributed by atoms with Crippen molar-refractivity contribution < 1.29 is 9.47 Å². The molecule has 0 aliphatic carbocycles. The van der Waals surface area contributed by atoms with Gasteiger partial charge in [0.15, 0.2) is 0 Å². The fraction of sp³-hybridized carbons (Fsp3) is 0.647. The van der Waals surface area contributed by atoms with Crippen molar-refractivity contribution in [2.75, 3.05) is 46.0 Å². The van der Waals surface area contributed by atoms with E-state index in [1.165, 1.54) is 0 Å². The minimum absolute atomic E-state index is 0.742. The zero-order valence-corrected chi connectivity index (χ0v) is 14.2. The van der Waals surface area contributed by atoms with E-state index in [-0.39, 0.29) is 0 Å². The molecule has 0 spiro atoms. The molecule has 1 heterocycles. The molecule has 0 unspecified atom stereocenters. The molecule has 1 saturated heterocycles. The first-order chi connectivity index (χ1) is 10.8. The highest BCUT2D eigenvalue weighted by molar-refractivity contribution is 6.30. The van der Waals surface area contributed by atoms with Crippen LogP contribution in [0.5, 0.6) is 5.75 Å². The van der Waals surface area contributed by atoms with E-state index in [4.69, 9.17) is 21.1 Å². The molecule has 0 saturated carbocycles. The maximum atomic E-state index is 6.09. The van der Waals surface area contributed by atoms with Gasteiger partial charge in [-0.05, 0) is 44.1 Å². The summed E-state index contributed by atoms with van der Waals surface area (Å²) in [5.74, 6) is 0.937. The van der Waals surface area contributed by atoms with E-state index in [9.17, 15) is 0 Å². The molecule has 4 nitrogen and oxygen atoms in total. The number of morpholine rings is 1. The number of hydrogen-bond acceptors (Lipinski definition) is 4. The predicted molar refractivity (Wildman–Crippen MR) is 90.8 cm³/mol. The molecular formula is C17H27ClN2O2.